The number of nitrogens with zero attached hydrogens (tertiary/aromatic N) is 1. The lowest BCUT2D eigenvalue weighted by atomic mass is 9.44. The molecule has 8 rings (SSSR count). The molecule has 4 aromatic rings. The third kappa shape index (κ3) is 10.6. The van der Waals surface area contributed by atoms with Crippen LogP contribution in [0.5, 0.6) is 0 Å². The van der Waals surface area contributed by atoms with Crippen LogP contribution in [0.3, 0.4) is 0 Å². The van der Waals surface area contributed by atoms with Crippen LogP contribution in [-0.2, 0) is 59.1 Å². The van der Waals surface area contributed by atoms with Gasteiger partial charge in [0, 0.05) is 49.8 Å². The fraction of sp³-hybridized carbons (Fsp3) is 0.431. The smallest absolute Gasteiger partial charge is 0.412 e. The number of carbonyl (C=O) groups excluding carboxylic acids is 8. The predicted octanol–water partition coefficient (Wildman–Crippen LogP) is 4.98. The van der Waals surface area contributed by atoms with Crippen LogP contribution >= 0.6 is 0 Å². The van der Waals surface area contributed by atoms with E-state index in [-0.39, 0.29) is 59.2 Å². The molecular weight excluding hydrogens is 1010 g/mol. The summed E-state index contributed by atoms with van der Waals surface area (Å²) in [4.78, 5) is 113. The van der Waals surface area contributed by atoms with Crippen molar-refractivity contribution in [1.29, 1.82) is 0 Å². The van der Waals surface area contributed by atoms with Gasteiger partial charge in [0.25, 0.3) is 12.6 Å². The summed E-state index contributed by atoms with van der Waals surface area (Å²) in [6, 6.07) is 25.1. The van der Waals surface area contributed by atoms with E-state index in [1.54, 1.807) is 80.6 Å². The van der Waals surface area contributed by atoms with E-state index in [0.717, 1.165) is 13.8 Å². The van der Waals surface area contributed by atoms with E-state index in [1.165, 1.54) is 81.1 Å². The van der Waals surface area contributed by atoms with Crippen molar-refractivity contribution in [3.8, 4) is 0 Å². The molecule has 1 saturated heterocycles. The normalized spacial score (nSPS) is 27.6. The second kappa shape index (κ2) is 22.3. The number of benzene rings is 3. The Morgan fingerprint density at radius 2 is 1.40 bits per heavy atom. The standard InChI is InChI=1S/C58H63N3O17/c1-32(2)59-54(70)73-31-61-26-18-25-39(29-61)52(68)76-46(44(36-19-12-9-13-20-36)60-50(66)37-21-14-10-15-22-37)53(69)75-40-28-58(71)49(77-51(67)38-23-16-11-17-24-38)47-56(8,41(64)27-42-57(47,30-72-42)78-35(5)63)48(65)45(74-34(4)62)43(33(40)3)55(58,6)7/h9-26,29,32,40-42,44-47,49,64,71H,27-28,30-31H2,1-8H3,(H-,59,60,66,70)/p+1/t40-,41-,42+,44-,45+,46+,47-,49-,56+,57-,58+/m0/s1. The summed E-state index contributed by atoms with van der Waals surface area (Å²) in [5, 5.41) is 31.8. The minimum atomic E-state index is -2.51. The largest absolute Gasteiger partial charge is 0.455 e. The van der Waals surface area contributed by atoms with Crippen LogP contribution in [0.25, 0.3) is 0 Å². The first kappa shape index (κ1) is 56.4. The predicted molar refractivity (Wildman–Crippen MR) is 272 cm³/mol. The van der Waals surface area contributed by atoms with E-state index in [4.69, 9.17) is 33.2 Å². The number of nitrogens with one attached hydrogen (secondary N) is 2. The van der Waals surface area contributed by atoms with E-state index < -0.39 is 125 Å². The van der Waals surface area contributed by atoms with Crippen LogP contribution < -0.4 is 15.2 Å². The molecule has 412 valence electrons. The lowest BCUT2D eigenvalue weighted by Crippen LogP contribution is -2.82. The van der Waals surface area contributed by atoms with Gasteiger partial charge in [-0.15, -0.1) is 0 Å². The molecule has 20 heteroatoms. The number of carbonyl (C=O) groups is 8. The van der Waals surface area contributed by atoms with E-state index in [0.29, 0.717) is 0 Å². The first-order valence-electron chi connectivity index (χ1n) is 25.6. The van der Waals surface area contributed by atoms with Gasteiger partial charge >= 0.3 is 35.9 Å². The van der Waals surface area contributed by atoms with Crippen molar-refractivity contribution in [3.05, 3.63) is 149 Å². The highest BCUT2D eigenvalue weighted by molar-refractivity contribution is 5.97. The summed E-state index contributed by atoms with van der Waals surface area (Å²) in [6.07, 6.45) is -9.01. The van der Waals surface area contributed by atoms with Gasteiger partial charge in [0.15, 0.2) is 29.9 Å². The number of amides is 2. The number of fused-ring (bicyclic) bond motifs is 5. The Labute approximate surface area is 450 Å². The van der Waals surface area contributed by atoms with Crippen molar-refractivity contribution in [2.75, 3.05) is 6.61 Å². The maximum Gasteiger partial charge on any atom is 0.412 e. The van der Waals surface area contributed by atoms with Gasteiger partial charge in [-0.05, 0) is 74.7 Å². The Kier molecular flexibility index (Phi) is 16.1. The number of esters is 5. The monoisotopic (exact) mass is 1070 g/mol. The van der Waals surface area contributed by atoms with Gasteiger partial charge in [-0.25, -0.2) is 19.2 Å². The van der Waals surface area contributed by atoms with E-state index in [9.17, 15) is 39.0 Å². The van der Waals surface area contributed by atoms with Gasteiger partial charge in [0.2, 0.25) is 6.10 Å². The number of ketones is 1. The van der Waals surface area contributed by atoms with Crippen LogP contribution in [0.4, 0.5) is 4.79 Å². The van der Waals surface area contributed by atoms with Crippen molar-refractivity contribution in [2.45, 2.75) is 135 Å². The van der Waals surface area contributed by atoms with E-state index in [2.05, 4.69) is 10.6 Å². The number of aromatic nitrogens is 1. The molecule has 2 amide bonds. The van der Waals surface area contributed by atoms with Crippen molar-refractivity contribution in [3.63, 3.8) is 0 Å². The number of hydrogen-bond donors (Lipinski definition) is 4. The van der Waals surface area contributed by atoms with Gasteiger partial charge in [-0.3, -0.25) is 19.2 Å². The highest BCUT2D eigenvalue weighted by atomic mass is 16.6. The summed E-state index contributed by atoms with van der Waals surface area (Å²) in [5.74, 6) is -8.32. The van der Waals surface area contributed by atoms with E-state index >= 15 is 9.59 Å². The van der Waals surface area contributed by atoms with Gasteiger partial charge in [0.05, 0.1) is 29.6 Å². The number of hydrogen-bond acceptors (Lipinski definition) is 17. The molecule has 0 unspecified atom stereocenters. The van der Waals surface area contributed by atoms with Gasteiger partial charge in [-0.1, -0.05) is 80.6 Å². The molecule has 20 nitrogen and oxygen atoms in total. The zero-order chi connectivity index (χ0) is 56.5. The fourth-order valence-electron chi connectivity index (χ4n) is 11.6. The first-order chi connectivity index (χ1) is 36.9. The van der Waals surface area contributed by atoms with Crippen LogP contribution in [0.1, 0.15) is 111 Å². The van der Waals surface area contributed by atoms with Crippen molar-refractivity contribution in [2.24, 2.45) is 16.7 Å². The molecule has 1 aromatic heterocycles. The fourth-order valence-corrected chi connectivity index (χ4v) is 11.6. The summed E-state index contributed by atoms with van der Waals surface area (Å²) in [7, 11) is 0. The molecule has 2 heterocycles. The Morgan fingerprint density at radius 3 is 1.99 bits per heavy atom. The highest BCUT2D eigenvalue weighted by Gasteiger charge is 2.78. The van der Waals surface area contributed by atoms with Crippen molar-refractivity contribution >= 4 is 47.6 Å². The zero-order valence-corrected chi connectivity index (χ0v) is 44.5. The summed E-state index contributed by atoms with van der Waals surface area (Å²) >= 11 is 0. The maximum atomic E-state index is 15.8. The number of aliphatic hydroxyl groups is 2. The molecule has 3 fully saturated rings. The molecule has 4 aliphatic rings. The quantitative estimate of drug-likeness (QED) is 0.0529. The number of alkyl carbamates (subject to hydrolysis) is 1. The Balaban J connectivity index is 1.28. The minimum absolute atomic E-state index is 0.0269. The summed E-state index contributed by atoms with van der Waals surface area (Å²) < 4.78 is 43.8. The summed E-state index contributed by atoms with van der Waals surface area (Å²) in [6.45, 7) is 11.0. The van der Waals surface area contributed by atoms with Gasteiger partial charge in [-0.2, -0.15) is 4.57 Å². The SMILES string of the molecule is CC(=O)O[C@H]1C(=O)[C@@]2(C)[C@H]([C@H](OC(=O)c3ccccc3)[C@]3(O)C[C@H](OC(=O)[C@H](OC(=O)c4ccc[n+](COC(=O)NC(C)C)c4)[C@@H](NC(=O)c4ccccc4)c4ccccc4)C(C)=C1C3(C)C)[C@]1(OC(C)=O)CO[C@@H]1C[C@@H]2O. The molecule has 3 aliphatic carbocycles. The molecule has 78 heavy (non-hydrogen) atoms. The van der Waals surface area contributed by atoms with Crippen molar-refractivity contribution < 1.29 is 86.3 Å². The molecule has 2 bridgehead atoms. The van der Waals surface area contributed by atoms with Crippen LogP contribution in [0.2, 0.25) is 0 Å². The molecule has 4 N–H and O–H groups in total. The Bertz CT molecular complexity index is 3000. The van der Waals surface area contributed by atoms with Gasteiger partial charge in [0.1, 0.15) is 35.5 Å². The number of Topliss-reactive ketones (excluding diaryl/α,β-unsaturated/α-hetero) is 1. The maximum absolute atomic E-state index is 15.8. The van der Waals surface area contributed by atoms with Gasteiger partial charge < -0.3 is 54.0 Å². The van der Waals surface area contributed by atoms with Crippen LogP contribution in [0, 0.1) is 16.7 Å². The average molecular weight is 1080 g/mol. The molecule has 0 radical (unpaired) electrons. The minimum Gasteiger partial charge on any atom is -0.455 e. The number of aliphatic hydroxyl groups excluding tert-OH is 1. The Morgan fingerprint density at radius 1 is 0.782 bits per heavy atom. The second-order valence-corrected chi connectivity index (χ2v) is 21.2. The molecule has 2 saturated carbocycles. The average Bonchev–Trinajstić information content (AvgIpc) is 2.69. The topological polar surface area (TPSA) is 270 Å². The lowest BCUT2D eigenvalue weighted by molar-refractivity contribution is -0.727. The highest BCUT2D eigenvalue weighted by Crippen LogP contribution is 2.64. The molecule has 11 atom stereocenters. The second-order valence-electron chi connectivity index (χ2n) is 21.2. The molecular formula is C58H64N3O17+. The third-order valence-corrected chi connectivity index (χ3v) is 15.5. The summed E-state index contributed by atoms with van der Waals surface area (Å²) in [5.41, 5.74) is -7.86. The third-order valence-electron chi connectivity index (χ3n) is 15.5. The number of rotatable bonds is 15. The van der Waals surface area contributed by atoms with Crippen molar-refractivity contribution in [1.82, 2.24) is 10.6 Å². The molecule has 0 spiro atoms. The number of ether oxygens (including phenoxy) is 7. The van der Waals surface area contributed by atoms with Crippen LogP contribution in [0.15, 0.2) is 127 Å². The molecule has 3 aromatic carbocycles. The Hall–Kier alpha value is -7.81. The zero-order valence-electron chi connectivity index (χ0n) is 44.5. The van der Waals surface area contributed by atoms with E-state index in [1.807, 2.05) is 0 Å². The lowest BCUT2D eigenvalue weighted by Gasteiger charge is -2.67. The van der Waals surface area contributed by atoms with Crippen LogP contribution in [-0.4, -0.2) is 118 Å². The number of pyridine rings is 1. The molecule has 1 aliphatic heterocycles. The first-order valence-corrected chi connectivity index (χ1v) is 25.6.